The van der Waals surface area contributed by atoms with E-state index in [2.05, 4.69) is 15.3 Å². The number of aromatic amines is 1. The monoisotopic (exact) mass is 257 g/mol. The number of nitrogens with zero attached hydrogens (tertiary/aromatic N) is 1. The Bertz CT molecular complexity index is 435. The summed E-state index contributed by atoms with van der Waals surface area (Å²) in [5.74, 6) is 1.19. The molecule has 3 N–H and O–H groups in total. The highest BCUT2D eigenvalue weighted by Gasteiger charge is 2.26. The third-order valence-corrected chi connectivity index (χ3v) is 3.73. The molecular weight excluding hydrogens is 242 g/mol. The van der Waals surface area contributed by atoms with Gasteiger partial charge in [-0.2, -0.15) is 0 Å². The van der Waals surface area contributed by atoms with Crippen molar-refractivity contribution in [3.05, 3.63) is 21.7 Å². The van der Waals surface area contributed by atoms with Crippen LogP contribution in [-0.4, -0.2) is 28.2 Å². The maximum Gasteiger partial charge on any atom is 0.271 e. The Kier molecular flexibility index (Phi) is 4.02. The van der Waals surface area contributed by atoms with Gasteiger partial charge in [-0.05, 0) is 24.7 Å². The molecular formula is C11H16ClN3O2. The first-order valence-corrected chi connectivity index (χ1v) is 6.18. The first-order valence-electron chi connectivity index (χ1n) is 5.80. The summed E-state index contributed by atoms with van der Waals surface area (Å²) in [6.07, 6.45) is 4.64. The van der Waals surface area contributed by atoms with Crippen molar-refractivity contribution in [3.8, 4) is 0 Å². The summed E-state index contributed by atoms with van der Waals surface area (Å²) < 4.78 is 0. The van der Waals surface area contributed by atoms with Crippen LogP contribution in [0.1, 0.15) is 19.3 Å². The van der Waals surface area contributed by atoms with Crippen LogP contribution in [0.5, 0.6) is 0 Å². The SMILES string of the molecule is O=c1[nH]cnc(NCC2CCCC2CO)c1Cl. The molecule has 1 aliphatic rings. The van der Waals surface area contributed by atoms with Crippen LogP contribution in [-0.2, 0) is 0 Å². The number of aromatic nitrogens is 2. The van der Waals surface area contributed by atoms with Crippen molar-refractivity contribution in [3.63, 3.8) is 0 Å². The average Bonchev–Trinajstić information content (AvgIpc) is 2.78. The van der Waals surface area contributed by atoms with E-state index in [0.29, 0.717) is 24.2 Å². The molecule has 1 heterocycles. The molecule has 1 aliphatic carbocycles. The standard InChI is InChI=1S/C11H16ClN3O2/c12-9-10(14-6-15-11(9)17)13-4-7-2-1-3-8(7)5-16/h6-8,16H,1-5H2,(H2,13,14,15,17). The maximum absolute atomic E-state index is 11.2. The molecule has 94 valence electrons. The zero-order valence-corrected chi connectivity index (χ0v) is 10.2. The number of aliphatic hydroxyl groups is 1. The molecule has 2 atom stereocenters. The number of anilines is 1. The van der Waals surface area contributed by atoms with Gasteiger partial charge in [0.15, 0.2) is 5.82 Å². The molecule has 0 aliphatic heterocycles. The van der Waals surface area contributed by atoms with E-state index in [1.807, 2.05) is 0 Å². The molecule has 0 radical (unpaired) electrons. The lowest BCUT2D eigenvalue weighted by molar-refractivity contribution is 0.199. The Hall–Kier alpha value is -1.07. The van der Waals surface area contributed by atoms with Crippen molar-refractivity contribution in [2.75, 3.05) is 18.5 Å². The van der Waals surface area contributed by atoms with E-state index in [4.69, 9.17) is 11.6 Å². The Labute approximate surface area is 104 Å². The highest BCUT2D eigenvalue weighted by atomic mass is 35.5. The van der Waals surface area contributed by atoms with Gasteiger partial charge in [-0.15, -0.1) is 0 Å². The number of hydrogen-bond acceptors (Lipinski definition) is 4. The van der Waals surface area contributed by atoms with E-state index in [1.54, 1.807) is 0 Å². The Morgan fingerprint density at radius 3 is 3.06 bits per heavy atom. The predicted octanol–water partition coefficient (Wildman–Crippen LogP) is 1.24. The van der Waals surface area contributed by atoms with Crippen molar-refractivity contribution >= 4 is 17.4 Å². The molecule has 0 aromatic carbocycles. The van der Waals surface area contributed by atoms with Crippen molar-refractivity contribution in [2.24, 2.45) is 11.8 Å². The summed E-state index contributed by atoms with van der Waals surface area (Å²) >= 11 is 5.83. The van der Waals surface area contributed by atoms with Gasteiger partial charge in [0.2, 0.25) is 0 Å². The summed E-state index contributed by atoms with van der Waals surface area (Å²) in [6.45, 7) is 0.921. The summed E-state index contributed by atoms with van der Waals surface area (Å²) in [4.78, 5) is 17.6. The van der Waals surface area contributed by atoms with E-state index < -0.39 is 0 Å². The van der Waals surface area contributed by atoms with Crippen LogP contribution in [0, 0.1) is 11.8 Å². The molecule has 0 saturated heterocycles. The first-order chi connectivity index (χ1) is 8.22. The lowest BCUT2D eigenvalue weighted by Crippen LogP contribution is -2.22. The minimum absolute atomic E-state index is 0.0889. The second kappa shape index (κ2) is 5.51. The number of aliphatic hydroxyl groups excluding tert-OH is 1. The number of nitrogens with one attached hydrogen (secondary N) is 2. The minimum atomic E-state index is -0.339. The zero-order chi connectivity index (χ0) is 12.3. The summed E-state index contributed by atoms with van der Waals surface area (Å²) in [5, 5.41) is 12.4. The van der Waals surface area contributed by atoms with Gasteiger partial charge >= 0.3 is 0 Å². The predicted molar refractivity (Wildman–Crippen MR) is 66.3 cm³/mol. The Balaban J connectivity index is 1.98. The van der Waals surface area contributed by atoms with E-state index in [9.17, 15) is 9.90 Å². The van der Waals surface area contributed by atoms with Gasteiger partial charge < -0.3 is 15.4 Å². The summed E-state index contributed by atoms with van der Waals surface area (Å²) in [5.41, 5.74) is -0.339. The third kappa shape index (κ3) is 2.79. The average molecular weight is 258 g/mol. The highest BCUT2D eigenvalue weighted by Crippen LogP contribution is 2.31. The van der Waals surface area contributed by atoms with Crippen molar-refractivity contribution < 1.29 is 5.11 Å². The molecule has 17 heavy (non-hydrogen) atoms. The molecule has 0 spiro atoms. The topological polar surface area (TPSA) is 78.0 Å². The van der Waals surface area contributed by atoms with Gasteiger partial charge in [-0.3, -0.25) is 4.79 Å². The fraction of sp³-hybridized carbons (Fsp3) is 0.636. The zero-order valence-electron chi connectivity index (χ0n) is 9.45. The van der Waals surface area contributed by atoms with E-state index in [0.717, 1.165) is 19.3 Å². The van der Waals surface area contributed by atoms with Crippen molar-refractivity contribution in [1.29, 1.82) is 0 Å². The van der Waals surface area contributed by atoms with Crippen molar-refractivity contribution in [1.82, 2.24) is 9.97 Å². The van der Waals surface area contributed by atoms with Crippen LogP contribution in [0.15, 0.2) is 11.1 Å². The van der Waals surface area contributed by atoms with Crippen LogP contribution in [0.2, 0.25) is 5.02 Å². The van der Waals surface area contributed by atoms with Gasteiger partial charge in [0.1, 0.15) is 5.02 Å². The van der Waals surface area contributed by atoms with Gasteiger partial charge in [0.05, 0.1) is 6.33 Å². The lowest BCUT2D eigenvalue weighted by atomic mass is 9.97. The van der Waals surface area contributed by atoms with Crippen LogP contribution in [0.3, 0.4) is 0 Å². The van der Waals surface area contributed by atoms with Gasteiger partial charge in [-0.1, -0.05) is 18.0 Å². The molecule has 1 aromatic heterocycles. The molecule has 0 amide bonds. The lowest BCUT2D eigenvalue weighted by Gasteiger charge is -2.18. The molecule has 2 unspecified atom stereocenters. The van der Waals surface area contributed by atoms with E-state index >= 15 is 0 Å². The fourth-order valence-corrected chi connectivity index (χ4v) is 2.53. The molecule has 2 rings (SSSR count). The van der Waals surface area contributed by atoms with Gasteiger partial charge in [0.25, 0.3) is 5.56 Å². The molecule has 0 bridgehead atoms. The molecule has 1 aromatic rings. The van der Waals surface area contributed by atoms with Crippen molar-refractivity contribution in [2.45, 2.75) is 19.3 Å². The molecule has 1 fully saturated rings. The summed E-state index contributed by atoms with van der Waals surface area (Å²) in [7, 11) is 0. The molecule has 6 heteroatoms. The fourth-order valence-electron chi connectivity index (χ4n) is 2.36. The first kappa shape index (κ1) is 12.4. The number of rotatable bonds is 4. The molecule has 1 saturated carbocycles. The quantitative estimate of drug-likeness (QED) is 0.759. The molecule has 5 nitrogen and oxygen atoms in total. The van der Waals surface area contributed by atoms with Crippen LogP contribution in [0.4, 0.5) is 5.82 Å². The van der Waals surface area contributed by atoms with Crippen LogP contribution in [0.25, 0.3) is 0 Å². The van der Waals surface area contributed by atoms with Crippen LogP contribution < -0.4 is 10.9 Å². The Morgan fingerprint density at radius 2 is 2.29 bits per heavy atom. The second-order valence-electron chi connectivity index (χ2n) is 4.41. The maximum atomic E-state index is 11.2. The van der Waals surface area contributed by atoms with Gasteiger partial charge in [0, 0.05) is 13.2 Å². The van der Waals surface area contributed by atoms with E-state index in [1.165, 1.54) is 6.33 Å². The largest absolute Gasteiger partial charge is 0.396 e. The number of halogens is 1. The number of H-pyrrole nitrogens is 1. The number of hydrogen-bond donors (Lipinski definition) is 3. The third-order valence-electron chi connectivity index (χ3n) is 3.38. The Morgan fingerprint density at radius 1 is 1.53 bits per heavy atom. The van der Waals surface area contributed by atoms with E-state index in [-0.39, 0.29) is 17.2 Å². The van der Waals surface area contributed by atoms with Crippen LogP contribution >= 0.6 is 11.6 Å². The minimum Gasteiger partial charge on any atom is -0.396 e. The second-order valence-corrected chi connectivity index (χ2v) is 4.79. The normalized spacial score (nSPS) is 23.9. The smallest absolute Gasteiger partial charge is 0.271 e. The summed E-state index contributed by atoms with van der Waals surface area (Å²) in [6, 6.07) is 0. The highest BCUT2D eigenvalue weighted by molar-refractivity contribution is 6.32. The van der Waals surface area contributed by atoms with Gasteiger partial charge in [-0.25, -0.2) is 4.98 Å².